The van der Waals surface area contributed by atoms with E-state index in [9.17, 15) is 19.7 Å². The first-order valence-electron chi connectivity index (χ1n) is 11.7. The summed E-state index contributed by atoms with van der Waals surface area (Å²) in [5.41, 5.74) is 1.60. The van der Waals surface area contributed by atoms with Crippen LogP contribution in [0.15, 0.2) is 18.2 Å². The van der Waals surface area contributed by atoms with Crippen molar-refractivity contribution in [1.29, 1.82) is 0 Å². The highest BCUT2D eigenvalue weighted by Crippen LogP contribution is 2.39. The molecule has 1 fully saturated rings. The number of hydrogen-bond acceptors (Lipinski definition) is 8. The van der Waals surface area contributed by atoms with Crippen LogP contribution in [0, 0.1) is 10.1 Å². The summed E-state index contributed by atoms with van der Waals surface area (Å²) in [5.74, 6) is -0.558. The number of nitro groups is 1. The predicted molar refractivity (Wildman–Crippen MR) is 149 cm³/mol. The number of carbonyl (C=O) groups excluding carboxylic acids is 2. The Morgan fingerprint density at radius 3 is 2.54 bits per heavy atom. The molecule has 9 nitrogen and oxygen atoms in total. The van der Waals surface area contributed by atoms with E-state index in [0.29, 0.717) is 61.8 Å². The number of methoxy groups -OCH3 is 1. The molecule has 194 valence electrons. The van der Waals surface area contributed by atoms with Crippen molar-refractivity contribution >= 4 is 84.3 Å². The number of carbonyl (C=O) groups is 2. The summed E-state index contributed by atoms with van der Waals surface area (Å²) in [5, 5.41) is 16.5. The van der Waals surface area contributed by atoms with Crippen LogP contribution in [-0.2, 0) is 17.6 Å². The van der Waals surface area contributed by atoms with Crippen LogP contribution < -0.4 is 5.32 Å². The number of non-ortho nitro benzene ring substituents is 1. The van der Waals surface area contributed by atoms with E-state index >= 15 is 0 Å². The minimum absolute atomic E-state index is 0.0407. The van der Waals surface area contributed by atoms with Crippen molar-refractivity contribution in [3.05, 3.63) is 54.2 Å². The summed E-state index contributed by atoms with van der Waals surface area (Å²) in [6.45, 7) is 1.92. The summed E-state index contributed by atoms with van der Waals surface area (Å²) in [4.78, 5) is 41.7. The molecule has 1 N–H and O–H groups in total. The Bertz CT molecular complexity index is 1430. The van der Waals surface area contributed by atoms with E-state index in [2.05, 4.69) is 5.32 Å². The molecule has 13 heteroatoms. The van der Waals surface area contributed by atoms with Crippen molar-refractivity contribution in [3.63, 3.8) is 0 Å². The summed E-state index contributed by atoms with van der Waals surface area (Å²) < 4.78 is 5.65. The minimum Gasteiger partial charge on any atom is -0.465 e. The van der Waals surface area contributed by atoms with Gasteiger partial charge in [0.15, 0.2) is 5.11 Å². The number of piperazine rings is 1. The number of fused-ring (bicyclic) bond motifs is 2. The monoisotopic (exact) mass is 578 g/mol. The van der Waals surface area contributed by atoms with Gasteiger partial charge in [-0.25, -0.2) is 4.79 Å². The van der Waals surface area contributed by atoms with Crippen molar-refractivity contribution in [2.24, 2.45) is 0 Å². The van der Waals surface area contributed by atoms with E-state index in [4.69, 9.17) is 28.6 Å². The maximum absolute atomic E-state index is 13.2. The zero-order valence-corrected chi connectivity index (χ0v) is 23.1. The molecule has 0 unspecified atom stereocenters. The fourth-order valence-corrected chi connectivity index (χ4v) is 7.85. The van der Waals surface area contributed by atoms with Gasteiger partial charge in [0.05, 0.1) is 22.6 Å². The number of halogens is 1. The number of amides is 1. The third kappa shape index (κ3) is 4.90. The Labute approximate surface area is 231 Å². The van der Waals surface area contributed by atoms with Gasteiger partial charge in [0.2, 0.25) is 0 Å². The molecule has 3 heterocycles. The second-order valence-electron chi connectivity index (χ2n) is 8.80. The Kier molecular flexibility index (Phi) is 7.35. The van der Waals surface area contributed by atoms with Crippen molar-refractivity contribution in [2.45, 2.75) is 25.7 Å². The minimum atomic E-state index is -0.468. The second-order valence-corrected chi connectivity index (χ2v) is 11.7. The lowest BCUT2D eigenvalue weighted by Crippen LogP contribution is -2.51. The molecule has 0 spiro atoms. The Hall–Kier alpha value is -2.80. The van der Waals surface area contributed by atoms with Gasteiger partial charge in [0.1, 0.15) is 9.88 Å². The fourth-order valence-electron chi connectivity index (χ4n) is 4.71. The molecule has 0 radical (unpaired) electrons. The number of thiocarbonyl (C=S) groups is 1. The van der Waals surface area contributed by atoms with E-state index < -0.39 is 4.92 Å². The topological polar surface area (TPSA) is 105 Å². The highest BCUT2D eigenvalue weighted by Gasteiger charge is 2.30. The first-order chi connectivity index (χ1) is 17.8. The zero-order valence-electron chi connectivity index (χ0n) is 19.9. The average molecular weight is 579 g/mol. The molecule has 3 aromatic rings. The number of rotatable bonds is 4. The molecular formula is C24H23ClN4O5S3. The highest BCUT2D eigenvalue weighted by atomic mass is 35.5. The number of nitrogens with one attached hydrogen (secondary N) is 1. The van der Waals surface area contributed by atoms with E-state index in [1.807, 2.05) is 4.90 Å². The predicted octanol–water partition coefficient (Wildman–Crippen LogP) is 5.34. The molecule has 1 amide bonds. The molecule has 37 heavy (non-hydrogen) atoms. The van der Waals surface area contributed by atoms with E-state index in [1.54, 1.807) is 22.3 Å². The first kappa shape index (κ1) is 25.8. The molecule has 1 aliphatic carbocycles. The lowest BCUT2D eigenvalue weighted by atomic mass is 9.95. The summed E-state index contributed by atoms with van der Waals surface area (Å²) in [6.07, 6.45) is 3.97. The van der Waals surface area contributed by atoms with E-state index in [1.165, 1.54) is 24.1 Å². The molecule has 5 rings (SSSR count). The molecule has 0 atom stereocenters. The maximum Gasteiger partial charge on any atom is 0.341 e. The van der Waals surface area contributed by atoms with Crippen LogP contribution in [0.1, 0.15) is 43.3 Å². The number of ether oxygens (including phenoxy) is 1. The highest BCUT2D eigenvalue weighted by molar-refractivity contribution is 7.80. The van der Waals surface area contributed by atoms with E-state index in [0.717, 1.165) is 42.6 Å². The van der Waals surface area contributed by atoms with Crippen molar-refractivity contribution in [3.8, 4) is 0 Å². The quantitative estimate of drug-likeness (QED) is 0.191. The number of hydrogen-bond donors (Lipinski definition) is 1. The van der Waals surface area contributed by atoms with Gasteiger partial charge < -0.3 is 19.9 Å². The lowest BCUT2D eigenvalue weighted by Gasteiger charge is -2.36. The zero-order chi connectivity index (χ0) is 26.3. The standard InChI is InChI=1S/C24H23ClN4O5S3/c1-34-23(31)18-14-4-2-3-5-16(14)37-21(18)26-24(35)28-10-8-27(9-11-28)22(30)20-19(25)15-7-6-13(29(32)33)12-17(15)36-20/h6-7,12H,2-5,8-11H2,1H3,(H,26,35). The Morgan fingerprint density at radius 2 is 1.84 bits per heavy atom. The lowest BCUT2D eigenvalue weighted by molar-refractivity contribution is -0.384. The number of thiophene rings is 2. The molecule has 2 aliphatic rings. The number of esters is 1. The smallest absolute Gasteiger partial charge is 0.341 e. The van der Waals surface area contributed by atoms with Gasteiger partial charge in [-0.3, -0.25) is 14.9 Å². The molecule has 1 saturated heterocycles. The Morgan fingerprint density at radius 1 is 1.14 bits per heavy atom. The largest absolute Gasteiger partial charge is 0.465 e. The SMILES string of the molecule is COC(=O)c1c(NC(=S)N2CCN(C(=O)c3sc4cc([N+](=O)[O-])ccc4c3Cl)CC2)sc2c1CCCC2. The number of nitro benzene ring substituents is 1. The normalized spacial score (nSPS) is 15.4. The molecule has 1 aliphatic heterocycles. The third-order valence-corrected chi connectivity index (χ3v) is 9.87. The van der Waals surface area contributed by atoms with Gasteiger partial charge in [-0.15, -0.1) is 22.7 Å². The van der Waals surface area contributed by atoms with Crippen molar-refractivity contribution in [1.82, 2.24) is 9.80 Å². The summed E-state index contributed by atoms with van der Waals surface area (Å²) in [7, 11) is 1.39. The van der Waals surface area contributed by atoms with Gasteiger partial charge in [-0.1, -0.05) is 11.6 Å². The number of benzene rings is 1. The van der Waals surface area contributed by atoms with Gasteiger partial charge >= 0.3 is 5.97 Å². The van der Waals surface area contributed by atoms with Crippen molar-refractivity contribution in [2.75, 3.05) is 38.6 Å². The van der Waals surface area contributed by atoms with Crippen LogP contribution in [0.25, 0.3) is 10.1 Å². The van der Waals surface area contributed by atoms with Gasteiger partial charge in [-0.2, -0.15) is 0 Å². The van der Waals surface area contributed by atoms with Crippen LogP contribution in [0.3, 0.4) is 0 Å². The molecular weight excluding hydrogens is 556 g/mol. The number of aryl methyl sites for hydroxylation is 1. The third-order valence-electron chi connectivity index (χ3n) is 6.65. The average Bonchev–Trinajstić information content (AvgIpc) is 3.44. The summed E-state index contributed by atoms with van der Waals surface area (Å²) in [6, 6.07) is 4.41. The molecule has 0 bridgehead atoms. The van der Waals surface area contributed by atoms with Gasteiger partial charge in [0.25, 0.3) is 11.6 Å². The second kappa shape index (κ2) is 10.5. The Balaban J connectivity index is 1.26. The van der Waals surface area contributed by atoms with Gasteiger partial charge in [-0.05, 0) is 49.5 Å². The molecule has 0 saturated carbocycles. The molecule has 2 aromatic heterocycles. The van der Waals surface area contributed by atoms with Crippen LogP contribution in [-0.4, -0.2) is 65.0 Å². The van der Waals surface area contributed by atoms with Crippen LogP contribution in [0.4, 0.5) is 10.7 Å². The van der Waals surface area contributed by atoms with Crippen LogP contribution in [0.2, 0.25) is 5.02 Å². The number of nitrogens with zero attached hydrogens (tertiary/aromatic N) is 3. The number of anilines is 1. The van der Waals surface area contributed by atoms with E-state index in [-0.39, 0.29) is 17.6 Å². The van der Waals surface area contributed by atoms with Crippen LogP contribution >= 0.6 is 46.5 Å². The summed E-state index contributed by atoms with van der Waals surface area (Å²) >= 11 is 14.9. The maximum atomic E-state index is 13.2. The fraction of sp³-hybridized carbons (Fsp3) is 0.375. The van der Waals surface area contributed by atoms with Crippen molar-refractivity contribution < 1.29 is 19.2 Å². The molecule has 1 aromatic carbocycles. The van der Waals surface area contributed by atoms with Gasteiger partial charge in [0, 0.05) is 53.3 Å². The first-order valence-corrected chi connectivity index (χ1v) is 14.1. The van der Waals surface area contributed by atoms with Crippen LogP contribution in [0.5, 0.6) is 0 Å².